The van der Waals surface area contributed by atoms with Gasteiger partial charge in [-0.05, 0) is 6.92 Å². The Kier molecular flexibility index (Phi) is 5.02. The smallest absolute Gasteiger partial charge is 0.384 e. The molecule has 8 nitrogen and oxygen atoms in total. The third-order valence-electron chi connectivity index (χ3n) is 3.57. The lowest BCUT2D eigenvalue weighted by atomic mass is 10.2. The third-order valence-corrected chi connectivity index (χ3v) is 3.57. The molecule has 0 radical (unpaired) electrons. The number of aromatic nitrogens is 2. The number of urea groups is 1. The van der Waals surface area contributed by atoms with E-state index in [1.54, 1.807) is 0 Å². The number of aliphatic hydroxyl groups excluding tert-OH is 1. The average Bonchev–Trinajstić information content (AvgIpc) is 2.87. The number of halogens is 3. The monoisotopic (exact) mass is 349 g/mol. The Morgan fingerprint density at radius 3 is 2.29 bits per heavy atom. The molecule has 1 fully saturated rings. The maximum atomic E-state index is 12.9. The topological polar surface area (TPSA) is 90.7 Å². The number of hydrogen-bond acceptors (Lipinski definition) is 4. The van der Waals surface area contributed by atoms with E-state index in [0.717, 1.165) is 10.9 Å². The number of hydrogen-bond donors (Lipinski definition) is 2. The number of amides is 3. The van der Waals surface area contributed by atoms with Crippen molar-refractivity contribution < 1.29 is 27.9 Å². The standard InChI is InChI=1S/C13H18F3N5O3/c1-8(22)11(23)20-3-5-21(6-4-20)12(24)17-9-7-19(2)18-10(9)13(14,15)16/h7-8,22H,3-6H2,1-2H3,(H,17,24). The molecule has 0 bridgehead atoms. The zero-order chi connectivity index (χ0) is 18.1. The number of aliphatic hydroxyl groups is 1. The average molecular weight is 349 g/mol. The number of carbonyl (C=O) groups excluding carboxylic acids is 2. The van der Waals surface area contributed by atoms with Gasteiger partial charge in [0.15, 0.2) is 5.69 Å². The highest BCUT2D eigenvalue weighted by atomic mass is 19.4. The van der Waals surface area contributed by atoms with Crippen molar-refractivity contribution in [3.8, 4) is 0 Å². The Labute approximate surface area is 135 Å². The van der Waals surface area contributed by atoms with Crippen molar-refractivity contribution in [2.75, 3.05) is 31.5 Å². The molecule has 0 aliphatic carbocycles. The van der Waals surface area contributed by atoms with Crippen molar-refractivity contribution in [3.05, 3.63) is 11.9 Å². The summed E-state index contributed by atoms with van der Waals surface area (Å²) in [5, 5.41) is 14.8. The van der Waals surface area contributed by atoms with Gasteiger partial charge < -0.3 is 20.2 Å². The van der Waals surface area contributed by atoms with Crippen LogP contribution < -0.4 is 5.32 Å². The van der Waals surface area contributed by atoms with Gasteiger partial charge in [0.05, 0.1) is 5.69 Å². The normalized spacial score (nSPS) is 16.9. The molecule has 0 spiro atoms. The van der Waals surface area contributed by atoms with Gasteiger partial charge in [0, 0.05) is 39.4 Å². The molecule has 3 amide bonds. The summed E-state index contributed by atoms with van der Waals surface area (Å²) < 4.78 is 39.6. The van der Waals surface area contributed by atoms with Crippen LogP contribution in [0.4, 0.5) is 23.7 Å². The van der Waals surface area contributed by atoms with Gasteiger partial charge in [0.25, 0.3) is 5.91 Å². The quantitative estimate of drug-likeness (QED) is 0.813. The van der Waals surface area contributed by atoms with Gasteiger partial charge in [-0.2, -0.15) is 18.3 Å². The first-order valence-electron chi connectivity index (χ1n) is 7.23. The molecule has 24 heavy (non-hydrogen) atoms. The summed E-state index contributed by atoms with van der Waals surface area (Å²) in [6.07, 6.45) is -4.73. The highest BCUT2D eigenvalue weighted by Crippen LogP contribution is 2.33. The van der Waals surface area contributed by atoms with Crippen LogP contribution >= 0.6 is 0 Å². The minimum absolute atomic E-state index is 0.159. The summed E-state index contributed by atoms with van der Waals surface area (Å²) >= 11 is 0. The van der Waals surface area contributed by atoms with E-state index >= 15 is 0 Å². The van der Waals surface area contributed by atoms with Crippen LogP contribution in [0.15, 0.2) is 6.20 Å². The summed E-state index contributed by atoms with van der Waals surface area (Å²) in [7, 11) is 1.32. The Balaban J connectivity index is 1.99. The van der Waals surface area contributed by atoms with Crippen LogP contribution in [0.2, 0.25) is 0 Å². The molecule has 1 unspecified atom stereocenters. The molecular formula is C13H18F3N5O3. The third kappa shape index (κ3) is 3.96. The van der Waals surface area contributed by atoms with Crippen LogP contribution in [0.25, 0.3) is 0 Å². The van der Waals surface area contributed by atoms with Gasteiger partial charge in [-0.1, -0.05) is 0 Å². The summed E-state index contributed by atoms with van der Waals surface area (Å²) in [6.45, 7) is 2.08. The van der Waals surface area contributed by atoms with E-state index in [-0.39, 0.29) is 26.2 Å². The Bertz CT molecular complexity index is 621. The Morgan fingerprint density at radius 1 is 1.25 bits per heavy atom. The van der Waals surface area contributed by atoms with Gasteiger partial charge >= 0.3 is 12.2 Å². The molecule has 1 saturated heterocycles. The number of nitrogens with one attached hydrogen (secondary N) is 1. The zero-order valence-corrected chi connectivity index (χ0v) is 13.2. The van der Waals surface area contributed by atoms with Crippen LogP contribution in [0.1, 0.15) is 12.6 Å². The second-order valence-electron chi connectivity index (χ2n) is 5.48. The highest BCUT2D eigenvalue weighted by molar-refractivity contribution is 5.90. The summed E-state index contributed by atoms with van der Waals surface area (Å²) in [5.41, 5.74) is -1.58. The first kappa shape index (κ1) is 18.0. The fourth-order valence-electron chi connectivity index (χ4n) is 2.38. The van der Waals surface area contributed by atoms with E-state index in [1.807, 2.05) is 0 Å². The number of carbonyl (C=O) groups is 2. The van der Waals surface area contributed by atoms with Gasteiger partial charge in [-0.15, -0.1) is 0 Å². The number of nitrogens with zero attached hydrogens (tertiary/aromatic N) is 4. The van der Waals surface area contributed by atoms with E-state index < -0.39 is 35.6 Å². The predicted octanol–water partition coefficient (Wildman–Crippen LogP) is 0.496. The molecule has 0 aromatic carbocycles. The minimum Gasteiger partial charge on any atom is -0.384 e. The van der Waals surface area contributed by atoms with Crippen molar-refractivity contribution in [3.63, 3.8) is 0 Å². The van der Waals surface area contributed by atoms with E-state index in [0.29, 0.717) is 0 Å². The van der Waals surface area contributed by atoms with Crippen LogP contribution in [0, 0.1) is 0 Å². The second kappa shape index (κ2) is 6.67. The Morgan fingerprint density at radius 2 is 1.79 bits per heavy atom. The lowest BCUT2D eigenvalue weighted by molar-refractivity contribution is -0.141. The van der Waals surface area contributed by atoms with Crippen LogP contribution in [0.3, 0.4) is 0 Å². The molecule has 0 saturated carbocycles. The van der Waals surface area contributed by atoms with Crippen molar-refractivity contribution in [1.82, 2.24) is 19.6 Å². The summed E-state index contributed by atoms with van der Waals surface area (Å²) in [4.78, 5) is 26.5. The Hall–Kier alpha value is -2.30. The molecule has 2 rings (SSSR count). The molecule has 11 heteroatoms. The first-order valence-corrected chi connectivity index (χ1v) is 7.23. The van der Waals surface area contributed by atoms with Crippen LogP contribution in [-0.4, -0.2) is 68.9 Å². The lowest BCUT2D eigenvalue weighted by Gasteiger charge is -2.35. The molecule has 2 heterocycles. The molecular weight excluding hydrogens is 331 g/mol. The summed E-state index contributed by atoms with van der Waals surface area (Å²) in [6, 6.07) is -0.697. The summed E-state index contributed by atoms with van der Waals surface area (Å²) in [5.74, 6) is -0.443. The van der Waals surface area contributed by atoms with E-state index in [9.17, 15) is 27.9 Å². The van der Waals surface area contributed by atoms with Crippen LogP contribution in [0.5, 0.6) is 0 Å². The van der Waals surface area contributed by atoms with E-state index in [1.165, 1.54) is 23.8 Å². The number of anilines is 1. The van der Waals surface area contributed by atoms with Crippen molar-refractivity contribution in [2.45, 2.75) is 19.2 Å². The lowest BCUT2D eigenvalue weighted by Crippen LogP contribution is -2.53. The van der Waals surface area contributed by atoms with Crippen molar-refractivity contribution in [2.24, 2.45) is 7.05 Å². The minimum atomic E-state index is -4.67. The molecule has 1 aromatic heterocycles. The number of alkyl halides is 3. The SMILES string of the molecule is CC(O)C(=O)N1CCN(C(=O)Nc2cn(C)nc2C(F)(F)F)CC1. The highest BCUT2D eigenvalue weighted by Gasteiger charge is 2.38. The number of piperazine rings is 1. The van der Waals surface area contributed by atoms with Gasteiger partial charge in [-0.3, -0.25) is 9.48 Å². The van der Waals surface area contributed by atoms with E-state index in [4.69, 9.17) is 0 Å². The zero-order valence-electron chi connectivity index (χ0n) is 13.2. The number of aryl methyl sites for hydroxylation is 1. The van der Waals surface area contributed by atoms with Crippen molar-refractivity contribution >= 4 is 17.6 Å². The molecule has 1 aromatic rings. The fourth-order valence-corrected chi connectivity index (χ4v) is 2.38. The second-order valence-corrected chi connectivity index (χ2v) is 5.48. The number of rotatable bonds is 2. The van der Waals surface area contributed by atoms with Crippen molar-refractivity contribution in [1.29, 1.82) is 0 Å². The largest absolute Gasteiger partial charge is 0.437 e. The maximum absolute atomic E-state index is 12.9. The molecule has 134 valence electrons. The molecule has 2 N–H and O–H groups in total. The maximum Gasteiger partial charge on any atom is 0.437 e. The first-order chi connectivity index (χ1) is 11.1. The van der Waals surface area contributed by atoms with E-state index in [2.05, 4.69) is 10.4 Å². The van der Waals surface area contributed by atoms with Crippen LogP contribution in [-0.2, 0) is 18.0 Å². The fraction of sp³-hybridized carbons (Fsp3) is 0.615. The van der Waals surface area contributed by atoms with Gasteiger partial charge in [0.2, 0.25) is 0 Å². The molecule has 1 aliphatic rings. The van der Waals surface area contributed by atoms with Gasteiger partial charge in [-0.25, -0.2) is 4.79 Å². The van der Waals surface area contributed by atoms with Gasteiger partial charge in [0.1, 0.15) is 6.10 Å². The molecule has 1 atom stereocenters. The predicted molar refractivity (Wildman–Crippen MR) is 77.1 cm³/mol. The molecule has 1 aliphatic heterocycles.